The number of rotatable bonds is 7. The Labute approximate surface area is 155 Å². The third-order valence-electron chi connectivity index (χ3n) is 4.05. The fraction of sp³-hybridized carbons (Fsp3) is 0.368. The van der Waals surface area contributed by atoms with Crippen molar-refractivity contribution in [3.63, 3.8) is 0 Å². The number of hydrogen-bond acceptors (Lipinski definition) is 4. The summed E-state index contributed by atoms with van der Waals surface area (Å²) in [5.74, 6) is 0.772. The van der Waals surface area contributed by atoms with Gasteiger partial charge in [0.25, 0.3) is 0 Å². The number of nitrogens with zero attached hydrogens (tertiary/aromatic N) is 3. The van der Waals surface area contributed by atoms with Crippen molar-refractivity contribution in [1.29, 1.82) is 0 Å². The van der Waals surface area contributed by atoms with Gasteiger partial charge in [-0.2, -0.15) is 0 Å². The summed E-state index contributed by atoms with van der Waals surface area (Å²) >= 11 is 5.72. The Hall–Kier alpha value is -2.18. The van der Waals surface area contributed by atoms with Crippen molar-refractivity contribution in [3.05, 3.63) is 54.4 Å². The highest BCUT2D eigenvalue weighted by Crippen LogP contribution is 2.25. The standard InChI is InChI=1S/C19H26N4OS/c1-15(16-9-11-20-12-10-16)23(14-13-22(2)3)19(25)21-17-7-5-6-8-18(17)24-4/h5-12,15H,13-14H2,1-4H3,(H,21,25)/t15-/m1/s1. The van der Waals surface area contributed by atoms with E-state index in [9.17, 15) is 0 Å². The van der Waals surface area contributed by atoms with Gasteiger partial charge in [0, 0.05) is 25.5 Å². The Morgan fingerprint density at radius 2 is 1.84 bits per heavy atom. The zero-order valence-corrected chi connectivity index (χ0v) is 16.1. The molecule has 1 N–H and O–H groups in total. The molecule has 0 amide bonds. The number of nitrogens with one attached hydrogen (secondary N) is 1. The Kier molecular flexibility index (Phi) is 7.16. The lowest BCUT2D eigenvalue weighted by atomic mass is 10.1. The minimum Gasteiger partial charge on any atom is -0.495 e. The number of benzene rings is 1. The van der Waals surface area contributed by atoms with E-state index in [2.05, 4.69) is 41.1 Å². The Bertz CT molecular complexity index is 678. The number of para-hydroxylation sites is 2. The number of hydrogen-bond donors (Lipinski definition) is 1. The van der Waals surface area contributed by atoms with E-state index >= 15 is 0 Å². The second-order valence-corrected chi connectivity index (χ2v) is 6.47. The SMILES string of the molecule is COc1ccccc1NC(=S)N(CCN(C)C)[C@H](C)c1ccncc1. The maximum Gasteiger partial charge on any atom is 0.174 e. The van der Waals surface area contributed by atoms with Gasteiger partial charge < -0.3 is 19.9 Å². The summed E-state index contributed by atoms with van der Waals surface area (Å²) in [6.07, 6.45) is 3.62. The van der Waals surface area contributed by atoms with Gasteiger partial charge >= 0.3 is 0 Å². The summed E-state index contributed by atoms with van der Waals surface area (Å²) < 4.78 is 5.41. The quantitative estimate of drug-likeness (QED) is 0.765. The molecule has 25 heavy (non-hydrogen) atoms. The molecule has 2 rings (SSSR count). The van der Waals surface area contributed by atoms with Crippen LogP contribution in [0.15, 0.2) is 48.8 Å². The van der Waals surface area contributed by atoms with Crippen LogP contribution >= 0.6 is 12.2 Å². The molecular weight excluding hydrogens is 332 g/mol. The van der Waals surface area contributed by atoms with Crippen molar-refractivity contribution in [1.82, 2.24) is 14.8 Å². The van der Waals surface area contributed by atoms with Gasteiger partial charge in [0.1, 0.15) is 5.75 Å². The van der Waals surface area contributed by atoms with Crippen LogP contribution in [0.1, 0.15) is 18.5 Å². The fourth-order valence-electron chi connectivity index (χ4n) is 2.54. The number of methoxy groups -OCH3 is 1. The van der Waals surface area contributed by atoms with Crippen LogP contribution in [-0.4, -0.2) is 54.2 Å². The molecule has 0 spiro atoms. The summed E-state index contributed by atoms with van der Waals surface area (Å²) in [6.45, 7) is 3.88. The van der Waals surface area contributed by atoms with Gasteiger partial charge in [-0.3, -0.25) is 4.98 Å². The van der Waals surface area contributed by atoms with Gasteiger partial charge in [0.2, 0.25) is 0 Å². The minimum atomic E-state index is 0.137. The van der Waals surface area contributed by atoms with Gasteiger partial charge in [-0.1, -0.05) is 12.1 Å². The van der Waals surface area contributed by atoms with E-state index in [0.29, 0.717) is 5.11 Å². The second-order valence-electron chi connectivity index (χ2n) is 6.08. The van der Waals surface area contributed by atoms with Crippen molar-refractivity contribution in [2.24, 2.45) is 0 Å². The van der Waals surface area contributed by atoms with Crippen molar-refractivity contribution >= 4 is 23.0 Å². The van der Waals surface area contributed by atoms with Crippen molar-refractivity contribution < 1.29 is 4.74 Å². The monoisotopic (exact) mass is 358 g/mol. The molecule has 0 aliphatic rings. The highest BCUT2D eigenvalue weighted by atomic mass is 32.1. The fourth-order valence-corrected chi connectivity index (χ4v) is 2.89. The summed E-state index contributed by atoms with van der Waals surface area (Å²) in [7, 11) is 5.78. The van der Waals surface area contributed by atoms with Gasteiger partial charge in [-0.25, -0.2) is 0 Å². The Morgan fingerprint density at radius 1 is 1.16 bits per heavy atom. The van der Waals surface area contributed by atoms with Gasteiger partial charge in [0.15, 0.2) is 5.11 Å². The molecule has 0 aliphatic heterocycles. The van der Waals surface area contributed by atoms with Crippen LogP contribution in [-0.2, 0) is 0 Å². The van der Waals surface area contributed by atoms with Crippen molar-refractivity contribution in [3.8, 4) is 5.75 Å². The highest BCUT2D eigenvalue weighted by Gasteiger charge is 2.19. The molecule has 1 heterocycles. The molecular formula is C19H26N4OS. The molecule has 1 atom stereocenters. The minimum absolute atomic E-state index is 0.137. The first-order chi connectivity index (χ1) is 12.0. The topological polar surface area (TPSA) is 40.6 Å². The highest BCUT2D eigenvalue weighted by molar-refractivity contribution is 7.80. The summed E-state index contributed by atoms with van der Waals surface area (Å²) in [4.78, 5) is 8.45. The zero-order chi connectivity index (χ0) is 18.2. The number of thiocarbonyl (C=S) groups is 1. The van der Waals surface area contributed by atoms with Crippen LogP contribution in [0.2, 0.25) is 0 Å². The van der Waals surface area contributed by atoms with Crippen LogP contribution in [0.25, 0.3) is 0 Å². The van der Waals surface area contributed by atoms with Crippen LogP contribution in [0.5, 0.6) is 5.75 Å². The maximum atomic E-state index is 5.72. The molecule has 1 aromatic heterocycles. The van der Waals surface area contributed by atoms with Crippen LogP contribution in [0, 0.1) is 0 Å². The predicted octanol–water partition coefficient (Wildman–Crippen LogP) is 3.41. The molecule has 0 aliphatic carbocycles. The van der Waals surface area contributed by atoms with E-state index in [-0.39, 0.29) is 6.04 Å². The first-order valence-electron chi connectivity index (χ1n) is 8.28. The first kappa shape index (κ1) is 19.1. The molecule has 0 saturated heterocycles. The molecule has 0 saturated carbocycles. The largest absolute Gasteiger partial charge is 0.495 e. The molecule has 0 bridgehead atoms. The van der Waals surface area contributed by atoms with E-state index in [0.717, 1.165) is 24.5 Å². The Balaban J connectivity index is 2.20. The molecule has 0 unspecified atom stereocenters. The average Bonchev–Trinajstić information content (AvgIpc) is 2.62. The average molecular weight is 359 g/mol. The van der Waals surface area contributed by atoms with E-state index in [4.69, 9.17) is 17.0 Å². The van der Waals surface area contributed by atoms with Gasteiger partial charge in [-0.05, 0) is 63.1 Å². The summed E-state index contributed by atoms with van der Waals surface area (Å²) in [5, 5.41) is 4.01. The smallest absolute Gasteiger partial charge is 0.174 e. The Morgan fingerprint density at radius 3 is 2.48 bits per heavy atom. The van der Waals surface area contributed by atoms with Crippen molar-refractivity contribution in [2.45, 2.75) is 13.0 Å². The zero-order valence-electron chi connectivity index (χ0n) is 15.3. The third kappa shape index (κ3) is 5.41. The lowest BCUT2D eigenvalue weighted by molar-refractivity contribution is 0.289. The lowest BCUT2D eigenvalue weighted by Gasteiger charge is -2.33. The van der Waals surface area contributed by atoms with Crippen LogP contribution in [0.3, 0.4) is 0 Å². The lowest BCUT2D eigenvalue weighted by Crippen LogP contribution is -2.41. The van der Waals surface area contributed by atoms with Crippen LogP contribution < -0.4 is 10.1 Å². The second kappa shape index (κ2) is 9.34. The van der Waals surface area contributed by atoms with E-state index in [1.165, 1.54) is 5.56 Å². The predicted molar refractivity (Wildman–Crippen MR) is 107 cm³/mol. The van der Waals surface area contributed by atoms with E-state index in [1.54, 1.807) is 7.11 Å². The number of pyridine rings is 1. The first-order valence-corrected chi connectivity index (χ1v) is 8.69. The van der Waals surface area contributed by atoms with Crippen molar-refractivity contribution in [2.75, 3.05) is 39.6 Å². The normalized spacial score (nSPS) is 11.9. The molecule has 1 aromatic carbocycles. The third-order valence-corrected chi connectivity index (χ3v) is 4.39. The summed E-state index contributed by atoms with van der Waals surface area (Å²) in [6, 6.07) is 12.0. The number of likely N-dealkylation sites (N-methyl/N-ethyl adjacent to an activating group) is 1. The molecule has 134 valence electrons. The molecule has 0 radical (unpaired) electrons. The summed E-state index contributed by atoms with van der Waals surface area (Å²) in [5.41, 5.74) is 2.05. The molecule has 6 heteroatoms. The number of aromatic nitrogens is 1. The van der Waals surface area contributed by atoms with Gasteiger partial charge in [-0.15, -0.1) is 0 Å². The molecule has 2 aromatic rings. The maximum absolute atomic E-state index is 5.72. The van der Waals surface area contributed by atoms with E-state index < -0.39 is 0 Å². The molecule has 5 nitrogen and oxygen atoms in total. The number of anilines is 1. The molecule has 0 fully saturated rings. The van der Waals surface area contributed by atoms with Gasteiger partial charge in [0.05, 0.1) is 18.8 Å². The van der Waals surface area contributed by atoms with E-state index in [1.807, 2.05) is 48.8 Å². The number of ether oxygens (including phenoxy) is 1. The van der Waals surface area contributed by atoms with Crippen LogP contribution in [0.4, 0.5) is 5.69 Å².